The minimum absolute atomic E-state index is 0.0585. The average molecular weight is 392 g/mol. The van der Waals surface area contributed by atoms with E-state index in [0.29, 0.717) is 30.7 Å². The van der Waals surface area contributed by atoms with E-state index in [1.165, 1.54) is 0 Å². The smallest absolute Gasteiger partial charge is 0.206 e. The van der Waals surface area contributed by atoms with Gasteiger partial charge in [-0.1, -0.05) is 18.2 Å². The van der Waals surface area contributed by atoms with Gasteiger partial charge in [-0.05, 0) is 75.5 Å². The van der Waals surface area contributed by atoms with Crippen LogP contribution >= 0.6 is 0 Å². The molecular weight excluding hydrogens is 362 g/mol. The van der Waals surface area contributed by atoms with Crippen molar-refractivity contribution in [3.05, 3.63) is 58.7 Å². The first kappa shape index (κ1) is 20.8. The summed E-state index contributed by atoms with van der Waals surface area (Å²) in [5, 5.41) is 12.1. The summed E-state index contributed by atoms with van der Waals surface area (Å²) in [5.74, 6) is 0.203. The molecule has 0 aliphatic heterocycles. The SMILES string of the molecule is CC(=NCC(=O)CCCN)c1c(O)n(-c2cc(C)cc(C)c2)c2cc(C)ccc12. The Balaban J connectivity index is 2.14. The number of aromatic hydroxyl groups is 1. The minimum atomic E-state index is 0.0585. The molecule has 0 radical (unpaired) electrons. The molecule has 1 aromatic heterocycles. The maximum Gasteiger partial charge on any atom is 0.206 e. The molecule has 0 atom stereocenters. The van der Waals surface area contributed by atoms with Gasteiger partial charge in [-0.15, -0.1) is 0 Å². The zero-order chi connectivity index (χ0) is 21.1. The standard InChI is InChI=1S/C24H29N3O2/c1-15-7-8-21-22(13-15)27(19-11-16(2)10-17(3)12-19)24(29)23(21)18(4)26-14-20(28)6-5-9-25/h7-8,10-13,29H,5-6,9,14,25H2,1-4H3. The normalized spacial score (nSPS) is 12.0. The lowest BCUT2D eigenvalue weighted by atomic mass is 10.1. The van der Waals surface area contributed by atoms with E-state index in [1.54, 1.807) is 0 Å². The molecule has 5 nitrogen and oxygen atoms in total. The van der Waals surface area contributed by atoms with Crippen molar-refractivity contribution in [2.24, 2.45) is 10.7 Å². The predicted molar refractivity (Wildman–Crippen MR) is 120 cm³/mol. The summed E-state index contributed by atoms with van der Waals surface area (Å²) in [6.07, 6.45) is 1.10. The van der Waals surface area contributed by atoms with Crippen LogP contribution in [0.3, 0.4) is 0 Å². The maximum atomic E-state index is 12.0. The highest BCUT2D eigenvalue weighted by Crippen LogP contribution is 2.36. The summed E-state index contributed by atoms with van der Waals surface area (Å²) in [6, 6.07) is 12.3. The molecule has 3 N–H and O–H groups in total. The molecule has 2 aromatic carbocycles. The third-order valence-corrected chi connectivity index (χ3v) is 5.08. The molecule has 0 aliphatic rings. The molecule has 0 spiro atoms. The fraction of sp³-hybridized carbons (Fsp3) is 0.333. The number of aromatic nitrogens is 1. The lowest BCUT2D eigenvalue weighted by Gasteiger charge is -2.10. The van der Waals surface area contributed by atoms with Gasteiger partial charge in [0.1, 0.15) is 0 Å². The van der Waals surface area contributed by atoms with Crippen molar-refractivity contribution in [1.29, 1.82) is 0 Å². The lowest BCUT2D eigenvalue weighted by molar-refractivity contribution is -0.117. The second kappa shape index (κ2) is 8.62. The monoisotopic (exact) mass is 391 g/mol. The van der Waals surface area contributed by atoms with Gasteiger partial charge in [-0.3, -0.25) is 14.4 Å². The molecule has 5 heteroatoms. The predicted octanol–water partition coefficient (Wildman–Crippen LogP) is 4.38. The summed E-state index contributed by atoms with van der Waals surface area (Å²) in [5.41, 5.74) is 12.0. The highest BCUT2D eigenvalue weighted by Gasteiger charge is 2.20. The Morgan fingerprint density at radius 1 is 1.07 bits per heavy atom. The van der Waals surface area contributed by atoms with Gasteiger partial charge in [-0.2, -0.15) is 0 Å². The number of nitrogens with zero attached hydrogens (tertiary/aromatic N) is 2. The van der Waals surface area contributed by atoms with Crippen LogP contribution in [-0.2, 0) is 4.79 Å². The number of hydrogen-bond donors (Lipinski definition) is 2. The summed E-state index contributed by atoms with van der Waals surface area (Å²) >= 11 is 0. The van der Waals surface area contributed by atoms with E-state index in [2.05, 4.69) is 29.3 Å². The molecule has 152 valence electrons. The zero-order valence-electron chi connectivity index (χ0n) is 17.6. The first-order chi connectivity index (χ1) is 13.8. The number of carbonyl (C=O) groups is 1. The first-order valence-electron chi connectivity index (χ1n) is 9.97. The minimum Gasteiger partial charge on any atom is -0.494 e. The van der Waals surface area contributed by atoms with E-state index in [-0.39, 0.29) is 18.2 Å². The van der Waals surface area contributed by atoms with Crippen molar-refractivity contribution in [2.45, 2.75) is 40.5 Å². The number of carbonyl (C=O) groups excluding carboxylic acids is 1. The van der Waals surface area contributed by atoms with E-state index in [4.69, 9.17) is 5.73 Å². The summed E-state index contributed by atoms with van der Waals surface area (Å²) in [6.45, 7) is 8.57. The van der Waals surface area contributed by atoms with Gasteiger partial charge in [0.05, 0.1) is 17.6 Å². The van der Waals surface area contributed by atoms with E-state index >= 15 is 0 Å². The second-order valence-corrected chi connectivity index (χ2v) is 7.73. The Bertz CT molecular complexity index is 1070. The van der Waals surface area contributed by atoms with Crippen LogP contribution in [0, 0.1) is 20.8 Å². The molecule has 0 saturated carbocycles. The van der Waals surface area contributed by atoms with Gasteiger partial charge >= 0.3 is 0 Å². The van der Waals surface area contributed by atoms with Gasteiger partial charge in [0.25, 0.3) is 0 Å². The quantitative estimate of drug-likeness (QED) is 0.587. The number of hydrogen-bond acceptors (Lipinski definition) is 4. The number of benzene rings is 2. The summed E-state index contributed by atoms with van der Waals surface area (Å²) < 4.78 is 1.87. The lowest BCUT2D eigenvalue weighted by Crippen LogP contribution is -2.08. The molecular formula is C24H29N3O2. The van der Waals surface area contributed by atoms with E-state index in [9.17, 15) is 9.90 Å². The average Bonchev–Trinajstić information content (AvgIpc) is 2.94. The van der Waals surface area contributed by atoms with Crippen molar-refractivity contribution in [1.82, 2.24) is 4.57 Å². The van der Waals surface area contributed by atoms with Gasteiger partial charge < -0.3 is 10.8 Å². The number of Topliss-reactive ketones (excluding diaryl/α,β-unsaturated/α-hetero) is 1. The largest absolute Gasteiger partial charge is 0.494 e. The highest BCUT2D eigenvalue weighted by atomic mass is 16.3. The Morgan fingerprint density at radius 2 is 1.76 bits per heavy atom. The molecule has 0 saturated heterocycles. The summed E-state index contributed by atoms with van der Waals surface area (Å²) in [4.78, 5) is 16.5. The second-order valence-electron chi connectivity index (χ2n) is 7.73. The van der Waals surface area contributed by atoms with Crippen molar-refractivity contribution in [2.75, 3.05) is 13.1 Å². The molecule has 0 unspecified atom stereocenters. The Labute approximate surface area is 171 Å². The van der Waals surface area contributed by atoms with Crippen LogP contribution in [0.25, 0.3) is 16.6 Å². The molecule has 0 bridgehead atoms. The molecule has 29 heavy (non-hydrogen) atoms. The third kappa shape index (κ3) is 4.40. The Hall–Kier alpha value is -2.92. The van der Waals surface area contributed by atoms with Crippen molar-refractivity contribution in [3.8, 4) is 11.6 Å². The number of aliphatic imine (C=N–C) groups is 1. The molecule has 1 heterocycles. The Morgan fingerprint density at radius 3 is 2.41 bits per heavy atom. The maximum absolute atomic E-state index is 12.0. The molecule has 0 amide bonds. The van der Waals surface area contributed by atoms with Crippen molar-refractivity contribution >= 4 is 22.4 Å². The summed E-state index contributed by atoms with van der Waals surface area (Å²) in [7, 11) is 0. The first-order valence-corrected chi connectivity index (χ1v) is 9.97. The molecule has 3 rings (SSSR count). The number of ketones is 1. The number of aryl methyl sites for hydroxylation is 3. The fourth-order valence-corrected chi connectivity index (χ4v) is 3.75. The third-order valence-electron chi connectivity index (χ3n) is 5.08. The Kier molecular flexibility index (Phi) is 6.18. The fourth-order valence-electron chi connectivity index (χ4n) is 3.75. The van der Waals surface area contributed by atoms with Crippen LogP contribution in [0.15, 0.2) is 41.4 Å². The van der Waals surface area contributed by atoms with Crippen LogP contribution < -0.4 is 5.73 Å². The number of rotatable bonds is 7. The molecule has 0 aliphatic carbocycles. The molecule has 0 fully saturated rings. The van der Waals surface area contributed by atoms with Crippen molar-refractivity contribution in [3.63, 3.8) is 0 Å². The van der Waals surface area contributed by atoms with Crippen molar-refractivity contribution < 1.29 is 9.90 Å². The van der Waals surface area contributed by atoms with Gasteiger partial charge in [0, 0.05) is 23.2 Å². The van der Waals surface area contributed by atoms with Crippen LogP contribution in [0.4, 0.5) is 0 Å². The van der Waals surface area contributed by atoms with Crippen LogP contribution in [0.5, 0.6) is 5.88 Å². The van der Waals surface area contributed by atoms with Gasteiger partial charge in [0.15, 0.2) is 5.78 Å². The zero-order valence-corrected chi connectivity index (χ0v) is 17.6. The van der Waals surface area contributed by atoms with Gasteiger partial charge in [-0.25, -0.2) is 0 Å². The topological polar surface area (TPSA) is 80.6 Å². The number of nitrogens with two attached hydrogens (primary N) is 1. The van der Waals surface area contributed by atoms with E-state index in [1.807, 2.05) is 44.4 Å². The number of fused-ring (bicyclic) bond motifs is 1. The van der Waals surface area contributed by atoms with Gasteiger partial charge in [0.2, 0.25) is 5.88 Å². The van der Waals surface area contributed by atoms with Crippen LogP contribution in [0.2, 0.25) is 0 Å². The highest BCUT2D eigenvalue weighted by molar-refractivity contribution is 6.13. The van der Waals surface area contributed by atoms with E-state index < -0.39 is 0 Å². The van der Waals surface area contributed by atoms with Crippen LogP contribution in [0.1, 0.15) is 42.0 Å². The van der Waals surface area contributed by atoms with Crippen LogP contribution in [-0.4, -0.2) is 34.3 Å². The van der Waals surface area contributed by atoms with E-state index in [0.717, 1.165) is 33.3 Å². The molecule has 3 aromatic rings.